The second-order valence-corrected chi connectivity index (χ2v) is 5.43. The van der Waals surface area contributed by atoms with Gasteiger partial charge in [0.05, 0.1) is 28.7 Å². The molecule has 2 N–H and O–H groups in total. The van der Waals surface area contributed by atoms with Crippen molar-refractivity contribution in [3.8, 4) is 0 Å². The molecule has 0 saturated heterocycles. The van der Waals surface area contributed by atoms with Crippen LogP contribution in [0.4, 0.5) is 0 Å². The standard InChI is InChI=1S/C15H18N2O3/c1-2-12-16-11-6-3-5-10(14(19)20)13(11)17(12)15(9-18)7-4-8-15/h3,5-6,18H,2,4,7-9H2,1H3,(H,19,20). The molecule has 0 radical (unpaired) electrons. The smallest absolute Gasteiger partial charge is 0.337 e. The third-order valence-corrected chi connectivity index (χ3v) is 4.35. The summed E-state index contributed by atoms with van der Waals surface area (Å²) in [5, 5.41) is 19.2. The predicted octanol–water partition coefficient (Wildman–Crippen LogP) is 2.17. The van der Waals surface area contributed by atoms with Crippen LogP contribution in [-0.4, -0.2) is 32.3 Å². The predicted molar refractivity (Wildman–Crippen MR) is 75.0 cm³/mol. The first kappa shape index (κ1) is 13.1. The van der Waals surface area contributed by atoms with Gasteiger partial charge in [-0.15, -0.1) is 0 Å². The topological polar surface area (TPSA) is 75.3 Å². The number of carbonyl (C=O) groups is 1. The van der Waals surface area contributed by atoms with Gasteiger partial charge in [-0.1, -0.05) is 13.0 Å². The Balaban J connectivity index is 2.35. The van der Waals surface area contributed by atoms with Gasteiger partial charge in [0, 0.05) is 6.42 Å². The molecule has 0 unspecified atom stereocenters. The van der Waals surface area contributed by atoms with Crippen LogP contribution in [0, 0.1) is 0 Å². The van der Waals surface area contributed by atoms with Gasteiger partial charge in [-0.25, -0.2) is 9.78 Å². The highest BCUT2D eigenvalue weighted by Crippen LogP contribution is 2.42. The van der Waals surface area contributed by atoms with Gasteiger partial charge in [0.25, 0.3) is 0 Å². The molecule has 106 valence electrons. The number of para-hydroxylation sites is 1. The van der Waals surface area contributed by atoms with Gasteiger partial charge in [-0.3, -0.25) is 0 Å². The van der Waals surface area contributed by atoms with Crippen LogP contribution in [0.25, 0.3) is 11.0 Å². The van der Waals surface area contributed by atoms with E-state index in [0.717, 1.165) is 31.5 Å². The Bertz CT molecular complexity index is 666. The molecule has 0 atom stereocenters. The molecule has 5 nitrogen and oxygen atoms in total. The number of benzene rings is 1. The molecule has 1 aliphatic carbocycles. The zero-order valence-corrected chi connectivity index (χ0v) is 11.5. The van der Waals surface area contributed by atoms with Crippen molar-refractivity contribution in [1.82, 2.24) is 9.55 Å². The quantitative estimate of drug-likeness (QED) is 0.896. The van der Waals surface area contributed by atoms with Gasteiger partial charge < -0.3 is 14.8 Å². The minimum atomic E-state index is -0.952. The van der Waals surface area contributed by atoms with Crippen LogP contribution in [0.5, 0.6) is 0 Å². The Hall–Kier alpha value is -1.88. The summed E-state index contributed by atoms with van der Waals surface area (Å²) in [4.78, 5) is 16.0. The number of rotatable bonds is 4. The molecule has 20 heavy (non-hydrogen) atoms. The van der Waals surface area contributed by atoms with Crippen LogP contribution in [0.3, 0.4) is 0 Å². The fourth-order valence-corrected chi connectivity index (χ4v) is 3.13. The number of fused-ring (bicyclic) bond motifs is 1. The van der Waals surface area contributed by atoms with Gasteiger partial charge in [0.15, 0.2) is 0 Å². The molecule has 1 aliphatic rings. The number of aliphatic hydroxyl groups excluding tert-OH is 1. The van der Waals surface area contributed by atoms with Crippen LogP contribution in [0.15, 0.2) is 18.2 Å². The molecule has 1 heterocycles. The summed E-state index contributed by atoms with van der Waals surface area (Å²) in [6, 6.07) is 5.15. The first-order chi connectivity index (χ1) is 9.63. The number of imidazole rings is 1. The first-order valence-electron chi connectivity index (χ1n) is 6.98. The lowest BCUT2D eigenvalue weighted by Crippen LogP contribution is -2.45. The average molecular weight is 274 g/mol. The number of aromatic nitrogens is 2. The summed E-state index contributed by atoms with van der Waals surface area (Å²) in [5.41, 5.74) is 1.23. The molecule has 1 fully saturated rings. The number of carboxylic acids is 1. The average Bonchev–Trinajstić information content (AvgIpc) is 2.77. The number of hydrogen-bond acceptors (Lipinski definition) is 3. The summed E-state index contributed by atoms with van der Waals surface area (Å²) >= 11 is 0. The van der Waals surface area contributed by atoms with Gasteiger partial charge >= 0.3 is 5.97 Å². The van der Waals surface area contributed by atoms with E-state index in [4.69, 9.17) is 0 Å². The van der Waals surface area contributed by atoms with Crippen LogP contribution in [-0.2, 0) is 12.0 Å². The van der Waals surface area contributed by atoms with Gasteiger partial charge in [0.2, 0.25) is 0 Å². The second-order valence-electron chi connectivity index (χ2n) is 5.43. The minimum Gasteiger partial charge on any atom is -0.478 e. The Morgan fingerprint density at radius 1 is 1.45 bits per heavy atom. The maximum Gasteiger partial charge on any atom is 0.337 e. The lowest BCUT2D eigenvalue weighted by atomic mass is 9.76. The summed E-state index contributed by atoms with van der Waals surface area (Å²) in [6.45, 7) is 2.03. The Kier molecular flexibility index (Phi) is 3.01. The normalized spacial score (nSPS) is 17.1. The van der Waals surface area contributed by atoms with E-state index >= 15 is 0 Å². The lowest BCUT2D eigenvalue weighted by Gasteiger charge is -2.43. The molecule has 0 bridgehead atoms. The number of aliphatic hydroxyl groups is 1. The summed E-state index contributed by atoms with van der Waals surface area (Å²) in [5.74, 6) is -0.103. The molecule has 3 rings (SSSR count). The van der Waals surface area contributed by atoms with Crippen LogP contribution < -0.4 is 0 Å². The zero-order valence-electron chi connectivity index (χ0n) is 11.5. The summed E-state index contributed by atoms with van der Waals surface area (Å²) in [7, 11) is 0. The molecule has 2 aromatic rings. The number of nitrogens with zero attached hydrogens (tertiary/aromatic N) is 2. The minimum absolute atomic E-state index is 0.0272. The molecule has 5 heteroatoms. The van der Waals surface area contributed by atoms with Crippen molar-refractivity contribution in [2.45, 2.75) is 38.1 Å². The van der Waals surface area contributed by atoms with E-state index in [0.29, 0.717) is 11.0 Å². The number of hydrogen-bond donors (Lipinski definition) is 2. The molecule has 0 aliphatic heterocycles. The van der Waals surface area contributed by atoms with E-state index in [1.807, 2.05) is 17.6 Å². The highest BCUT2D eigenvalue weighted by molar-refractivity contribution is 6.01. The van der Waals surface area contributed by atoms with Gasteiger partial charge in [0.1, 0.15) is 5.82 Å². The second kappa shape index (κ2) is 4.59. The summed E-state index contributed by atoms with van der Waals surface area (Å²) in [6.07, 6.45) is 3.51. The Morgan fingerprint density at radius 2 is 2.20 bits per heavy atom. The van der Waals surface area contributed by atoms with Crippen LogP contribution >= 0.6 is 0 Å². The largest absolute Gasteiger partial charge is 0.478 e. The zero-order chi connectivity index (χ0) is 14.3. The lowest BCUT2D eigenvalue weighted by molar-refractivity contribution is 0.0557. The van der Waals surface area contributed by atoms with Crippen molar-refractivity contribution in [2.75, 3.05) is 6.61 Å². The monoisotopic (exact) mass is 274 g/mol. The number of aromatic carboxylic acids is 1. The van der Waals surface area contributed by atoms with Crippen molar-refractivity contribution < 1.29 is 15.0 Å². The SMILES string of the molecule is CCc1nc2cccc(C(=O)O)c2n1C1(CO)CCC1. The van der Waals surface area contributed by atoms with E-state index in [-0.39, 0.29) is 17.7 Å². The van der Waals surface area contributed by atoms with Crippen molar-refractivity contribution in [3.05, 3.63) is 29.6 Å². The van der Waals surface area contributed by atoms with E-state index in [2.05, 4.69) is 4.98 Å². The molecular weight excluding hydrogens is 256 g/mol. The molecule has 1 saturated carbocycles. The maximum absolute atomic E-state index is 11.5. The maximum atomic E-state index is 11.5. The molecule has 1 aromatic carbocycles. The Morgan fingerprint density at radius 3 is 2.70 bits per heavy atom. The molecule has 0 amide bonds. The van der Waals surface area contributed by atoms with E-state index in [1.165, 1.54) is 0 Å². The molecule has 1 aromatic heterocycles. The molecular formula is C15H18N2O3. The van der Waals surface area contributed by atoms with Crippen molar-refractivity contribution in [2.24, 2.45) is 0 Å². The van der Waals surface area contributed by atoms with Crippen LogP contribution in [0.2, 0.25) is 0 Å². The van der Waals surface area contributed by atoms with Crippen LogP contribution in [0.1, 0.15) is 42.4 Å². The van der Waals surface area contributed by atoms with Crippen molar-refractivity contribution >= 4 is 17.0 Å². The first-order valence-corrected chi connectivity index (χ1v) is 6.98. The highest BCUT2D eigenvalue weighted by Gasteiger charge is 2.41. The third-order valence-electron chi connectivity index (χ3n) is 4.35. The van der Waals surface area contributed by atoms with Gasteiger partial charge in [-0.05, 0) is 31.4 Å². The van der Waals surface area contributed by atoms with E-state index < -0.39 is 5.97 Å². The van der Waals surface area contributed by atoms with E-state index in [1.54, 1.807) is 12.1 Å². The Labute approximate surface area is 116 Å². The summed E-state index contributed by atoms with van der Waals surface area (Å²) < 4.78 is 1.98. The number of aryl methyl sites for hydroxylation is 1. The highest BCUT2D eigenvalue weighted by atomic mass is 16.4. The fourth-order valence-electron chi connectivity index (χ4n) is 3.13. The van der Waals surface area contributed by atoms with Crippen molar-refractivity contribution in [1.29, 1.82) is 0 Å². The van der Waals surface area contributed by atoms with Crippen molar-refractivity contribution in [3.63, 3.8) is 0 Å². The van der Waals surface area contributed by atoms with E-state index in [9.17, 15) is 15.0 Å². The van der Waals surface area contributed by atoms with Gasteiger partial charge in [-0.2, -0.15) is 0 Å². The number of carboxylic acid groups (broad SMARTS) is 1. The fraction of sp³-hybridized carbons (Fsp3) is 0.467. The molecule has 0 spiro atoms. The third kappa shape index (κ3) is 1.66.